The highest BCUT2D eigenvalue weighted by molar-refractivity contribution is 9.10. The van der Waals surface area contributed by atoms with E-state index in [0.29, 0.717) is 12.6 Å². The molecule has 2 saturated carbocycles. The van der Waals surface area contributed by atoms with Gasteiger partial charge in [-0.25, -0.2) is 0 Å². The number of hydrogen-bond acceptors (Lipinski definition) is 2. The van der Waals surface area contributed by atoms with Gasteiger partial charge in [0.1, 0.15) is 0 Å². The van der Waals surface area contributed by atoms with Crippen LogP contribution in [0.4, 0.5) is 5.69 Å². The second-order valence-corrected chi connectivity index (χ2v) is 6.97. The summed E-state index contributed by atoms with van der Waals surface area (Å²) in [5.41, 5.74) is 2.03. The van der Waals surface area contributed by atoms with Crippen molar-refractivity contribution in [3.05, 3.63) is 28.2 Å². The first-order chi connectivity index (χ1) is 9.61. The second-order valence-electron chi connectivity index (χ2n) is 6.12. The van der Waals surface area contributed by atoms with Gasteiger partial charge in [0, 0.05) is 22.7 Å². The molecule has 3 rings (SSSR count). The first kappa shape index (κ1) is 14.1. The number of aryl methyl sites for hydroxylation is 1. The fourth-order valence-electron chi connectivity index (χ4n) is 2.52. The van der Waals surface area contributed by atoms with Crippen LogP contribution in [0, 0.1) is 12.8 Å². The van der Waals surface area contributed by atoms with Crippen LogP contribution in [0.1, 0.15) is 31.2 Å². The highest BCUT2D eigenvalue weighted by Crippen LogP contribution is 2.34. The molecule has 1 N–H and O–H groups in total. The van der Waals surface area contributed by atoms with E-state index >= 15 is 0 Å². The van der Waals surface area contributed by atoms with Crippen LogP contribution in [-0.2, 0) is 4.79 Å². The van der Waals surface area contributed by atoms with E-state index < -0.39 is 0 Å². The normalized spacial score (nSPS) is 18.4. The van der Waals surface area contributed by atoms with E-state index in [1.54, 1.807) is 0 Å². The van der Waals surface area contributed by atoms with Gasteiger partial charge >= 0.3 is 0 Å². The van der Waals surface area contributed by atoms with Gasteiger partial charge in [0.2, 0.25) is 5.91 Å². The summed E-state index contributed by atoms with van der Waals surface area (Å²) >= 11 is 3.48. The molecule has 3 nitrogen and oxygen atoms in total. The van der Waals surface area contributed by atoms with Gasteiger partial charge in [-0.3, -0.25) is 9.69 Å². The Morgan fingerprint density at radius 1 is 1.35 bits per heavy atom. The van der Waals surface area contributed by atoms with E-state index in [1.165, 1.54) is 25.7 Å². The molecule has 2 aliphatic rings. The Labute approximate surface area is 128 Å². The highest BCUT2D eigenvalue weighted by atomic mass is 79.9. The van der Waals surface area contributed by atoms with Gasteiger partial charge in [-0.05, 0) is 62.3 Å². The quantitative estimate of drug-likeness (QED) is 0.861. The molecular formula is C16H21BrN2O. The van der Waals surface area contributed by atoms with Crippen molar-refractivity contribution in [2.24, 2.45) is 5.92 Å². The second kappa shape index (κ2) is 5.86. The molecule has 0 aliphatic heterocycles. The molecule has 0 saturated heterocycles. The lowest BCUT2D eigenvalue weighted by molar-refractivity contribution is -0.117. The predicted octanol–water partition coefficient (Wildman–Crippen LogP) is 3.57. The van der Waals surface area contributed by atoms with Gasteiger partial charge in [0.25, 0.3) is 0 Å². The van der Waals surface area contributed by atoms with Crippen molar-refractivity contribution in [3.8, 4) is 0 Å². The fourth-order valence-corrected chi connectivity index (χ4v) is 2.77. The van der Waals surface area contributed by atoms with Crippen LogP contribution in [0.15, 0.2) is 22.7 Å². The standard InChI is InChI=1S/C16H21BrN2O/c1-11-8-13(4-7-15(11)17)18-16(20)10-19(14-5-6-14)9-12-2-3-12/h4,7-8,12,14H,2-3,5-6,9-10H2,1H3,(H,18,20). The maximum Gasteiger partial charge on any atom is 0.238 e. The molecule has 1 aromatic carbocycles. The van der Waals surface area contributed by atoms with Crippen molar-refractivity contribution >= 4 is 27.5 Å². The predicted molar refractivity (Wildman–Crippen MR) is 84.8 cm³/mol. The minimum atomic E-state index is 0.110. The van der Waals surface area contributed by atoms with Crippen molar-refractivity contribution in [2.45, 2.75) is 38.6 Å². The summed E-state index contributed by atoms with van der Waals surface area (Å²) in [4.78, 5) is 14.6. The molecule has 20 heavy (non-hydrogen) atoms. The Morgan fingerprint density at radius 3 is 2.70 bits per heavy atom. The lowest BCUT2D eigenvalue weighted by atomic mass is 10.2. The summed E-state index contributed by atoms with van der Waals surface area (Å²) in [6.45, 7) is 3.68. The van der Waals surface area contributed by atoms with Gasteiger partial charge in [0.05, 0.1) is 6.54 Å². The zero-order valence-electron chi connectivity index (χ0n) is 11.9. The SMILES string of the molecule is Cc1cc(NC(=O)CN(CC2CC2)C2CC2)ccc1Br. The van der Waals surface area contributed by atoms with Crippen molar-refractivity contribution in [2.75, 3.05) is 18.4 Å². The molecule has 2 aliphatic carbocycles. The summed E-state index contributed by atoms with van der Waals surface area (Å²) in [5.74, 6) is 0.956. The molecule has 1 amide bonds. The molecule has 0 spiro atoms. The van der Waals surface area contributed by atoms with Crippen LogP contribution in [0.2, 0.25) is 0 Å². The molecule has 4 heteroatoms. The van der Waals surface area contributed by atoms with Crippen LogP contribution >= 0.6 is 15.9 Å². The topological polar surface area (TPSA) is 32.3 Å². The summed E-state index contributed by atoms with van der Waals surface area (Å²) in [5, 5.41) is 3.02. The third-order valence-corrected chi connectivity index (χ3v) is 4.93. The molecule has 0 bridgehead atoms. The number of benzene rings is 1. The Morgan fingerprint density at radius 2 is 2.10 bits per heavy atom. The molecule has 108 valence electrons. The highest BCUT2D eigenvalue weighted by Gasteiger charge is 2.34. The number of nitrogens with zero attached hydrogens (tertiary/aromatic N) is 1. The summed E-state index contributed by atoms with van der Waals surface area (Å²) < 4.78 is 1.07. The largest absolute Gasteiger partial charge is 0.325 e. The zero-order valence-corrected chi connectivity index (χ0v) is 13.4. The van der Waals surface area contributed by atoms with Crippen LogP contribution in [0.5, 0.6) is 0 Å². The van der Waals surface area contributed by atoms with Gasteiger partial charge in [0.15, 0.2) is 0 Å². The number of halogens is 1. The fraction of sp³-hybridized carbons (Fsp3) is 0.562. The number of amides is 1. The average molecular weight is 337 g/mol. The summed E-state index contributed by atoms with van der Waals surface area (Å²) in [7, 11) is 0. The lowest BCUT2D eigenvalue weighted by Crippen LogP contribution is -2.36. The van der Waals surface area contributed by atoms with E-state index in [1.807, 2.05) is 25.1 Å². The maximum absolute atomic E-state index is 12.2. The van der Waals surface area contributed by atoms with E-state index in [0.717, 1.165) is 28.2 Å². The van der Waals surface area contributed by atoms with Crippen LogP contribution < -0.4 is 5.32 Å². The third kappa shape index (κ3) is 3.83. The van der Waals surface area contributed by atoms with E-state index in [-0.39, 0.29) is 5.91 Å². The van der Waals surface area contributed by atoms with Crippen LogP contribution in [0.25, 0.3) is 0 Å². The van der Waals surface area contributed by atoms with Crippen LogP contribution in [0.3, 0.4) is 0 Å². The Hall–Kier alpha value is -0.870. The molecule has 2 fully saturated rings. The minimum absolute atomic E-state index is 0.110. The molecule has 1 aromatic rings. The van der Waals surface area contributed by atoms with E-state index in [4.69, 9.17) is 0 Å². The summed E-state index contributed by atoms with van der Waals surface area (Å²) in [6.07, 6.45) is 5.21. The van der Waals surface area contributed by atoms with Gasteiger partial charge < -0.3 is 5.32 Å². The van der Waals surface area contributed by atoms with Crippen molar-refractivity contribution in [3.63, 3.8) is 0 Å². The lowest BCUT2D eigenvalue weighted by Gasteiger charge is -2.21. The Kier molecular flexibility index (Phi) is 4.13. The van der Waals surface area contributed by atoms with Gasteiger partial charge in [-0.15, -0.1) is 0 Å². The zero-order chi connectivity index (χ0) is 14.1. The monoisotopic (exact) mass is 336 g/mol. The summed E-state index contributed by atoms with van der Waals surface area (Å²) in [6, 6.07) is 6.59. The molecule has 0 atom stereocenters. The minimum Gasteiger partial charge on any atom is -0.325 e. The molecule has 0 aromatic heterocycles. The van der Waals surface area contributed by atoms with Crippen molar-refractivity contribution in [1.82, 2.24) is 4.90 Å². The Balaban J connectivity index is 1.55. The number of hydrogen-bond donors (Lipinski definition) is 1. The van der Waals surface area contributed by atoms with Crippen LogP contribution in [-0.4, -0.2) is 29.9 Å². The first-order valence-corrected chi connectivity index (χ1v) is 8.21. The first-order valence-electron chi connectivity index (χ1n) is 7.42. The van der Waals surface area contributed by atoms with E-state index in [9.17, 15) is 4.79 Å². The number of anilines is 1. The van der Waals surface area contributed by atoms with E-state index in [2.05, 4.69) is 26.1 Å². The molecule has 0 heterocycles. The smallest absolute Gasteiger partial charge is 0.238 e. The molecule has 0 radical (unpaired) electrons. The molecular weight excluding hydrogens is 316 g/mol. The van der Waals surface area contributed by atoms with Gasteiger partial charge in [-0.2, -0.15) is 0 Å². The maximum atomic E-state index is 12.2. The van der Waals surface area contributed by atoms with Gasteiger partial charge in [-0.1, -0.05) is 15.9 Å². The number of carbonyl (C=O) groups excluding carboxylic acids is 1. The Bertz CT molecular complexity index is 509. The number of nitrogens with one attached hydrogen (secondary N) is 1. The third-order valence-electron chi connectivity index (χ3n) is 4.04. The average Bonchev–Trinajstić information content (AvgIpc) is 3.26. The number of rotatable bonds is 6. The number of carbonyl (C=O) groups is 1. The molecule has 0 unspecified atom stereocenters. The van der Waals surface area contributed by atoms with Crippen molar-refractivity contribution < 1.29 is 4.79 Å². The van der Waals surface area contributed by atoms with Crippen molar-refractivity contribution in [1.29, 1.82) is 0 Å².